The first-order chi connectivity index (χ1) is 4.24. The Kier molecular flexibility index (Phi) is 4.09. The van der Waals surface area contributed by atoms with Gasteiger partial charge in [0.05, 0.1) is 0 Å². The molecule has 0 saturated carbocycles. The van der Waals surface area contributed by atoms with E-state index in [2.05, 4.69) is 13.8 Å². The summed E-state index contributed by atoms with van der Waals surface area (Å²) in [6.45, 7) is 5.86. The van der Waals surface area contributed by atoms with E-state index in [-0.39, 0.29) is 0 Å². The van der Waals surface area contributed by atoms with Gasteiger partial charge in [0.15, 0.2) is 0 Å². The molecule has 0 amide bonds. The van der Waals surface area contributed by atoms with Gasteiger partial charge in [0.2, 0.25) is 0 Å². The summed E-state index contributed by atoms with van der Waals surface area (Å²) in [5, 5.41) is 0. The summed E-state index contributed by atoms with van der Waals surface area (Å²) in [4.78, 5) is 0. The van der Waals surface area contributed by atoms with Crippen LogP contribution in [0.4, 0.5) is 0 Å². The van der Waals surface area contributed by atoms with Crippen LogP contribution >= 0.6 is 0 Å². The lowest BCUT2D eigenvalue weighted by atomic mass is 10.9. The van der Waals surface area contributed by atoms with Gasteiger partial charge in [0.1, 0.15) is 0 Å². The van der Waals surface area contributed by atoms with Crippen LogP contribution in [0.2, 0.25) is 12.1 Å². The molecule has 0 saturated heterocycles. The summed E-state index contributed by atoms with van der Waals surface area (Å²) in [6.07, 6.45) is 0. The van der Waals surface area contributed by atoms with E-state index in [9.17, 15) is 0 Å². The van der Waals surface area contributed by atoms with Crippen molar-refractivity contribution in [1.29, 1.82) is 0 Å². The van der Waals surface area contributed by atoms with Gasteiger partial charge in [0.25, 0.3) is 0 Å². The standard InChI is InChI=1S/C6H15O2Si/c1-5-9(6-2,7-3)8-4/h1,5-6H2,2-4H3. The van der Waals surface area contributed by atoms with Crippen LogP contribution in [0.1, 0.15) is 6.92 Å². The average Bonchev–Trinajstić information content (AvgIpc) is 1.95. The van der Waals surface area contributed by atoms with Gasteiger partial charge in [-0.1, -0.05) is 13.8 Å². The Labute approximate surface area is 58.4 Å². The fraction of sp³-hybridized carbons (Fsp3) is 0.833. The molecule has 2 nitrogen and oxygen atoms in total. The highest BCUT2D eigenvalue weighted by Crippen LogP contribution is 2.14. The van der Waals surface area contributed by atoms with E-state index in [1.807, 2.05) is 0 Å². The monoisotopic (exact) mass is 147 g/mol. The van der Waals surface area contributed by atoms with Crippen LogP contribution in [0.25, 0.3) is 0 Å². The Hall–Kier alpha value is 0.137. The molecular weight excluding hydrogens is 132 g/mol. The van der Waals surface area contributed by atoms with Crippen LogP contribution < -0.4 is 0 Å². The highest BCUT2D eigenvalue weighted by atomic mass is 28.4. The normalized spacial score (nSPS) is 12.0. The lowest BCUT2D eigenvalue weighted by Crippen LogP contribution is -2.38. The number of hydrogen-bond acceptors (Lipinski definition) is 2. The van der Waals surface area contributed by atoms with Crippen LogP contribution in [0.15, 0.2) is 0 Å². The second-order valence-corrected chi connectivity index (χ2v) is 5.77. The zero-order valence-corrected chi connectivity index (χ0v) is 7.44. The molecule has 0 spiro atoms. The molecule has 0 unspecified atom stereocenters. The Balaban J connectivity index is 3.82. The maximum absolute atomic E-state index is 5.24. The second-order valence-electron chi connectivity index (χ2n) is 1.92. The van der Waals surface area contributed by atoms with Gasteiger partial charge in [0, 0.05) is 14.2 Å². The predicted octanol–water partition coefficient (Wildman–Crippen LogP) is 1.58. The van der Waals surface area contributed by atoms with Gasteiger partial charge < -0.3 is 8.85 Å². The molecule has 1 radical (unpaired) electrons. The third-order valence-electron chi connectivity index (χ3n) is 1.66. The van der Waals surface area contributed by atoms with Gasteiger partial charge in [-0.2, -0.15) is 0 Å². The van der Waals surface area contributed by atoms with Crippen molar-refractivity contribution in [3.8, 4) is 0 Å². The largest absolute Gasteiger partial charge is 0.398 e. The van der Waals surface area contributed by atoms with E-state index in [0.717, 1.165) is 12.1 Å². The van der Waals surface area contributed by atoms with Crippen molar-refractivity contribution in [3.63, 3.8) is 0 Å². The maximum Gasteiger partial charge on any atom is 0.337 e. The molecule has 0 aliphatic rings. The van der Waals surface area contributed by atoms with Crippen molar-refractivity contribution < 1.29 is 8.85 Å². The quantitative estimate of drug-likeness (QED) is 0.562. The van der Waals surface area contributed by atoms with E-state index in [4.69, 9.17) is 8.85 Å². The molecule has 3 heteroatoms. The maximum atomic E-state index is 5.24. The predicted molar refractivity (Wildman–Crippen MR) is 40.4 cm³/mol. The van der Waals surface area contributed by atoms with Crippen molar-refractivity contribution in [1.82, 2.24) is 0 Å². The van der Waals surface area contributed by atoms with E-state index in [0.29, 0.717) is 0 Å². The molecule has 0 aliphatic heterocycles. The van der Waals surface area contributed by atoms with E-state index < -0.39 is 8.56 Å². The van der Waals surface area contributed by atoms with Crippen molar-refractivity contribution in [2.45, 2.75) is 19.0 Å². The Bertz CT molecular complexity index is 53.9. The first kappa shape index (κ1) is 9.14. The molecule has 55 valence electrons. The second kappa shape index (κ2) is 4.03. The van der Waals surface area contributed by atoms with E-state index in [1.165, 1.54) is 0 Å². The van der Waals surface area contributed by atoms with Crippen LogP contribution in [-0.2, 0) is 8.85 Å². The molecule has 0 fully saturated rings. The van der Waals surface area contributed by atoms with E-state index in [1.54, 1.807) is 14.2 Å². The summed E-state index contributed by atoms with van der Waals surface area (Å²) >= 11 is 0. The van der Waals surface area contributed by atoms with Crippen molar-refractivity contribution in [2.75, 3.05) is 14.2 Å². The summed E-state index contributed by atoms with van der Waals surface area (Å²) in [6, 6.07) is 1.76. The molecule has 0 heterocycles. The smallest absolute Gasteiger partial charge is 0.337 e. The van der Waals surface area contributed by atoms with Gasteiger partial charge in [-0.05, 0) is 12.1 Å². The fourth-order valence-electron chi connectivity index (χ4n) is 0.753. The minimum atomic E-state index is -1.80. The molecule has 0 atom stereocenters. The number of hydrogen-bond donors (Lipinski definition) is 0. The third-order valence-corrected chi connectivity index (χ3v) is 4.99. The Morgan fingerprint density at radius 1 is 1.33 bits per heavy atom. The first-order valence-corrected chi connectivity index (χ1v) is 5.37. The van der Waals surface area contributed by atoms with Gasteiger partial charge in [-0.15, -0.1) is 0 Å². The van der Waals surface area contributed by atoms with Crippen LogP contribution in [-0.4, -0.2) is 22.8 Å². The average molecular weight is 147 g/mol. The van der Waals surface area contributed by atoms with Crippen molar-refractivity contribution in [2.24, 2.45) is 0 Å². The van der Waals surface area contributed by atoms with E-state index >= 15 is 0 Å². The minimum absolute atomic E-state index is 0.788. The molecule has 9 heavy (non-hydrogen) atoms. The van der Waals surface area contributed by atoms with Crippen LogP contribution in [0.3, 0.4) is 0 Å². The van der Waals surface area contributed by atoms with Crippen molar-refractivity contribution in [3.05, 3.63) is 6.92 Å². The summed E-state index contributed by atoms with van der Waals surface area (Å²) in [5.74, 6) is 0. The molecule has 0 bridgehead atoms. The van der Waals surface area contributed by atoms with Crippen LogP contribution in [0.5, 0.6) is 0 Å². The molecular formula is C6H15O2Si. The van der Waals surface area contributed by atoms with Crippen molar-refractivity contribution >= 4 is 8.56 Å². The fourth-order valence-corrected chi connectivity index (χ4v) is 2.26. The molecule has 0 N–H and O–H groups in total. The zero-order chi connectivity index (χ0) is 7.33. The highest BCUT2D eigenvalue weighted by molar-refractivity contribution is 6.67. The third kappa shape index (κ3) is 2.08. The summed E-state index contributed by atoms with van der Waals surface area (Å²) in [5.41, 5.74) is 0. The van der Waals surface area contributed by atoms with Gasteiger partial charge in [-0.3, -0.25) is 0 Å². The van der Waals surface area contributed by atoms with Gasteiger partial charge in [-0.25, -0.2) is 0 Å². The minimum Gasteiger partial charge on any atom is -0.398 e. The summed E-state index contributed by atoms with van der Waals surface area (Å²) < 4.78 is 10.5. The lowest BCUT2D eigenvalue weighted by molar-refractivity contribution is 0.246. The first-order valence-electron chi connectivity index (χ1n) is 3.14. The molecule has 0 aromatic heterocycles. The summed E-state index contributed by atoms with van der Waals surface area (Å²) in [7, 11) is 1.60. The molecule has 0 aromatic carbocycles. The molecule has 0 aromatic rings. The highest BCUT2D eigenvalue weighted by Gasteiger charge is 2.30. The zero-order valence-electron chi connectivity index (χ0n) is 6.44. The van der Waals surface area contributed by atoms with Crippen LogP contribution in [0, 0.1) is 6.92 Å². The number of rotatable bonds is 4. The van der Waals surface area contributed by atoms with Gasteiger partial charge >= 0.3 is 8.56 Å². The molecule has 0 aliphatic carbocycles. The SMILES string of the molecule is [CH2]C[Si](CC)(OC)OC. The Morgan fingerprint density at radius 2 is 1.78 bits per heavy atom. The molecule has 0 rings (SSSR count). The lowest BCUT2D eigenvalue weighted by Gasteiger charge is -2.23. The Morgan fingerprint density at radius 3 is 1.78 bits per heavy atom. The topological polar surface area (TPSA) is 18.5 Å².